The number of hydrogen-bond donors (Lipinski definition) is 1. The van der Waals surface area contributed by atoms with Crippen molar-refractivity contribution in [3.63, 3.8) is 0 Å². The molecule has 7 heteroatoms. The van der Waals surface area contributed by atoms with Gasteiger partial charge in [-0.25, -0.2) is 0 Å². The van der Waals surface area contributed by atoms with Crippen LogP contribution in [0.1, 0.15) is 18.4 Å². The maximum Gasteiger partial charge on any atom is 0.306 e. The van der Waals surface area contributed by atoms with Crippen molar-refractivity contribution in [1.29, 1.82) is 0 Å². The number of para-hydroxylation sites is 1. The summed E-state index contributed by atoms with van der Waals surface area (Å²) in [5.74, 6) is -1.33. The minimum absolute atomic E-state index is 0.220. The predicted octanol–water partition coefficient (Wildman–Crippen LogP) is 2.73. The lowest BCUT2D eigenvalue weighted by molar-refractivity contribution is -0.142. The van der Waals surface area contributed by atoms with Crippen LogP contribution in [0.5, 0.6) is 0 Å². The van der Waals surface area contributed by atoms with Crippen molar-refractivity contribution in [3.05, 3.63) is 66.2 Å². The van der Waals surface area contributed by atoms with Crippen molar-refractivity contribution in [2.45, 2.75) is 19.4 Å². The Bertz CT molecular complexity index is 832. The Kier molecular flexibility index (Phi) is 5.58. The lowest BCUT2D eigenvalue weighted by atomic mass is 9.99. The van der Waals surface area contributed by atoms with Crippen LogP contribution in [0.2, 0.25) is 0 Å². The molecular formula is C19H22N2O4S. The van der Waals surface area contributed by atoms with E-state index in [9.17, 15) is 13.2 Å². The Morgan fingerprint density at radius 3 is 2.08 bits per heavy atom. The maximum absolute atomic E-state index is 13.3. The smallest absolute Gasteiger partial charge is 0.306 e. The number of hydrogen-bond acceptors (Lipinski definition) is 3. The van der Waals surface area contributed by atoms with Crippen molar-refractivity contribution in [2.75, 3.05) is 17.4 Å². The Balaban J connectivity index is 1.87. The second-order valence-electron chi connectivity index (χ2n) is 6.35. The average molecular weight is 374 g/mol. The Morgan fingerprint density at radius 2 is 1.54 bits per heavy atom. The molecule has 0 spiro atoms. The summed E-state index contributed by atoms with van der Waals surface area (Å²) in [6.07, 6.45) is 0.672. The van der Waals surface area contributed by atoms with E-state index >= 15 is 0 Å². The molecule has 1 saturated heterocycles. The van der Waals surface area contributed by atoms with Crippen LogP contribution >= 0.6 is 0 Å². The first kappa shape index (κ1) is 18.4. The van der Waals surface area contributed by atoms with Gasteiger partial charge in [-0.15, -0.1) is 0 Å². The van der Waals surface area contributed by atoms with E-state index in [1.165, 1.54) is 8.61 Å². The molecule has 0 aromatic heterocycles. The van der Waals surface area contributed by atoms with Crippen LogP contribution in [0.15, 0.2) is 60.7 Å². The molecule has 1 aliphatic heterocycles. The quantitative estimate of drug-likeness (QED) is 0.843. The van der Waals surface area contributed by atoms with Gasteiger partial charge in [0.1, 0.15) is 0 Å². The zero-order chi connectivity index (χ0) is 18.6. The number of aliphatic carboxylic acids is 1. The third-order valence-corrected chi connectivity index (χ3v) is 6.54. The van der Waals surface area contributed by atoms with Gasteiger partial charge in [-0.1, -0.05) is 48.5 Å². The normalized spacial score (nSPS) is 16.3. The molecule has 0 bridgehead atoms. The fraction of sp³-hybridized carbons (Fsp3) is 0.316. The van der Waals surface area contributed by atoms with Gasteiger partial charge < -0.3 is 5.11 Å². The van der Waals surface area contributed by atoms with Gasteiger partial charge in [-0.05, 0) is 30.5 Å². The first-order chi connectivity index (χ1) is 12.5. The van der Waals surface area contributed by atoms with Gasteiger partial charge in [0.2, 0.25) is 0 Å². The SMILES string of the molecule is O=C(O)C1CCN(S(=O)(=O)N(Cc2ccccc2)c2ccccc2)CC1. The predicted molar refractivity (Wildman–Crippen MR) is 99.9 cm³/mol. The van der Waals surface area contributed by atoms with Gasteiger partial charge in [0, 0.05) is 13.1 Å². The molecule has 2 aromatic rings. The number of anilines is 1. The number of piperidine rings is 1. The van der Waals surface area contributed by atoms with Crippen LogP contribution < -0.4 is 4.31 Å². The molecule has 138 valence electrons. The molecule has 6 nitrogen and oxygen atoms in total. The van der Waals surface area contributed by atoms with Gasteiger partial charge in [0.25, 0.3) is 0 Å². The van der Waals surface area contributed by atoms with Crippen LogP contribution in [-0.4, -0.2) is 36.9 Å². The molecule has 26 heavy (non-hydrogen) atoms. The van der Waals surface area contributed by atoms with E-state index in [1.807, 2.05) is 36.4 Å². The Hall–Kier alpha value is -2.38. The molecule has 3 rings (SSSR count). The summed E-state index contributed by atoms with van der Waals surface area (Å²) in [6.45, 7) is 0.668. The van der Waals surface area contributed by atoms with Crippen molar-refractivity contribution >= 4 is 21.9 Å². The molecule has 1 heterocycles. The lowest BCUT2D eigenvalue weighted by Gasteiger charge is -2.35. The highest BCUT2D eigenvalue weighted by Gasteiger charge is 2.35. The highest BCUT2D eigenvalue weighted by atomic mass is 32.2. The maximum atomic E-state index is 13.3. The third kappa shape index (κ3) is 4.05. The van der Waals surface area contributed by atoms with E-state index in [2.05, 4.69) is 0 Å². The summed E-state index contributed by atoms with van der Waals surface area (Å²) in [7, 11) is -3.75. The van der Waals surface area contributed by atoms with E-state index in [1.54, 1.807) is 24.3 Å². The Labute approximate surface area is 153 Å². The summed E-state index contributed by atoms with van der Waals surface area (Å²) in [4.78, 5) is 11.1. The molecule has 0 aliphatic carbocycles. The summed E-state index contributed by atoms with van der Waals surface area (Å²) >= 11 is 0. The number of benzene rings is 2. The summed E-state index contributed by atoms with van der Waals surface area (Å²) in [6, 6.07) is 18.4. The van der Waals surface area contributed by atoms with Crippen molar-refractivity contribution in [3.8, 4) is 0 Å². The molecule has 1 aliphatic rings. The zero-order valence-electron chi connectivity index (χ0n) is 14.4. The zero-order valence-corrected chi connectivity index (χ0v) is 15.2. The van der Waals surface area contributed by atoms with E-state index < -0.39 is 22.1 Å². The molecule has 2 aromatic carbocycles. The second-order valence-corrected chi connectivity index (χ2v) is 8.20. The highest BCUT2D eigenvalue weighted by Crippen LogP contribution is 2.27. The molecule has 0 amide bonds. The number of nitrogens with zero attached hydrogens (tertiary/aromatic N) is 2. The number of carboxylic acid groups (broad SMARTS) is 1. The molecule has 0 radical (unpaired) electrons. The third-order valence-electron chi connectivity index (χ3n) is 4.62. The van der Waals surface area contributed by atoms with Crippen molar-refractivity contribution in [1.82, 2.24) is 4.31 Å². The summed E-state index contributed by atoms with van der Waals surface area (Å²) < 4.78 is 29.3. The van der Waals surface area contributed by atoms with Crippen LogP contribution in [0.4, 0.5) is 5.69 Å². The fourth-order valence-corrected chi connectivity index (χ4v) is 4.77. The fourth-order valence-electron chi connectivity index (χ4n) is 3.12. The average Bonchev–Trinajstić information content (AvgIpc) is 2.67. The molecule has 0 unspecified atom stereocenters. The standard InChI is InChI=1S/C19H22N2O4S/c22-19(23)17-11-13-20(14-12-17)26(24,25)21(18-9-5-2-6-10-18)15-16-7-3-1-4-8-16/h1-10,17H,11-15H2,(H,22,23). The highest BCUT2D eigenvalue weighted by molar-refractivity contribution is 7.90. The topological polar surface area (TPSA) is 77.9 Å². The first-order valence-electron chi connectivity index (χ1n) is 8.58. The van der Waals surface area contributed by atoms with Crippen molar-refractivity contribution in [2.24, 2.45) is 5.92 Å². The monoisotopic (exact) mass is 374 g/mol. The number of carbonyl (C=O) groups is 1. The van der Waals surface area contributed by atoms with E-state index in [0.717, 1.165) is 5.56 Å². The minimum atomic E-state index is -3.75. The second kappa shape index (κ2) is 7.88. The van der Waals surface area contributed by atoms with Crippen LogP contribution in [0, 0.1) is 5.92 Å². The van der Waals surface area contributed by atoms with Crippen LogP contribution in [-0.2, 0) is 21.5 Å². The van der Waals surface area contributed by atoms with E-state index in [4.69, 9.17) is 5.11 Å². The summed E-state index contributed by atoms with van der Waals surface area (Å²) in [5.41, 5.74) is 1.48. The number of rotatable bonds is 6. The molecule has 0 saturated carbocycles. The van der Waals surface area contributed by atoms with Gasteiger partial charge >= 0.3 is 16.2 Å². The van der Waals surface area contributed by atoms with E-state index in [-0.39, 0.29) is 19.6 Å². The largest absolute Gasteiger partial charge is 0.481 e. The molecule has 1 N–H and O–H groups in total. The minimum Gasteiger partial charge on any atom is -0.481 e. The van der Waals surface area contributed by atoms with Crippen molar-refractivity contribution < 1.29 is 18.3 Å². The first-order valence-corrected chi connectivity index (χ1v) is 9.98. The van der Waals surface area contributed by atoms with Gasteiger partial charge in [0.15, 0.2) is 0 Å². The summed E-state index contributed by atoms with van der Waals surface area (Å²) in [5, 5.41) is 9.13. The molecule has 0 atom stereocenters. The number of carboxylic acids is 1. The lowest BCUT2D eigenvalue weighted by Crippen LogP contribution is -2.47. The van der Waals surface area contributed by atoms with Crippen LogP contribution in [0.3, 0.4) is 0 Å². The van der Waals surface area contributed by atoms with Crippen LogP contribution in [0.25, 0.3) is 0 Å². The molecule has 1 fully saturated rings. The van der Waals surface area contributed by atoms with Gasteiger partial charge in [-0.3, -0.25) is 9.10 Å². The van der Waals surface area contributed by atoms with Gasteiger partial charge in [-0.2, -0.15) is 12.7 Å². The van der Waals surface area contributed by atoms with Gasteiger partial charge in [0.05, 0.1) is 18.2 Å². The molecular weight excluding hydrogens is 352 g/mol. The Morgan fingerprint density at radius 1 is 1.00 bits per heavy atom. The van der Waals surface area contributed by atoms with E-state index in [0.29, 0.717) is 18.5 Å².